The number of amides is 1. The number of hydrogen-bond acceptors (Lipinski definition) is 8. The number of nitrogens with zero attached hydrogens (tertiary/aromatic N) is 7. The van der Waals surface area contributed by atoms with Crippen molar-refractivity contribution in [2.24, 2.45) is 0 Å². The number of rotatable bonds is 5. The number of morpholine rings is 1. The topological polar surface area (TPSA) is 102 Å². The maximum absolute atomic E-state index is 12.7. The number of nitrogens with one attached hydrogen (secondary N) is 1. The molecule has 11 heteroatoms. The zero-order valence-electron chi connectivity index (χ0n) is 17.2. The third-order valence-electron chi connectivity index (χ3n) is 5.02. The van der Waals surface area contributed by atoms with Gasteiger partial charge >= 0.3 is 0 Å². The first-order chi connectivity index (χ1) is 15.0. The standard InChI is InChI=1S/C20H22N8O2S/c1-13-8-26(9-14(2)30-13)19(29)11-27-10-16(7-21-27)22-17-3-4-18-23-24-20(28(18)25-17)15-5-6-31-12-15/h3-7,10,12-14H,8-9,11H2,1-2H3,(H,22,25). The van der Waals surface area contributed by atoms with Gasteiger partial charge in [0.15, 0.2) is 17.3 Å². The van der Waals surface area contributed by atoms with E-state index in [9.17, 15) is 4.79 Å². The molecule has 0 aromatic carbocycles. The summed E-state index contributed by atoms with van der Waals surface area (Å²) in [7, 11) is 0. The van der Waals surface area contributed by atoms with Crippen LogP contribution in [0.25, 0.3) is 17.0 Å². The Morgan fingerprint density at radius 3 is 2.84 bits per heavy atom. The number of thiophene rings is 1. The Labute approximate surface area is 182 Å². The molecule has 4 aromatic rings. The van der Waals surface area contributed by atoms with E-state index in [1.165, 1.54) is 0 Å². The molecule has 1 saturated heterocycles. The molecule has 0 saturated carbocycles. The van der Waals surface area contributed by atoms with Crippen molar-refractivity contribution < 1.29 is 9.53 Å². The molecule has 5 heterocycles. The molecule has 160 valence electrons. The predicted octanol–water partition coefficient (Wildman–Crippen LogP) is 2.43. The van der Waals surface area contributed by atoms with Crippen molar-refractivity contribution in [3.05, 3.63) is 41.4 Å². The first kappa shape index (κ1) is 19.6. The van der Waals surface area contributed by atoms with Gasteiger partial charge in [0.05, 0.1) is 24.1 Å². The lowest BCUT2D eigenvalue weighted by atomic mass is 10.2. The van der Waals surface area contributed by atoms with E-state index in [-0.39, 0.29) is 24.7 Å². The van der Waals surface area contributed by atoms with E-state index in [0.717, 1.165) is 11.3 Å². The zero-order valence-corrected chi connectivity index (χ0v) is 18.0. The van der Waals surface area contributed by atoms with Crippen LogP contribution in [0, 0.1) is 0 Å². The summed E-state index contributed by atoms with van der Waals surface area (Å²) >= 11 is 1.60. The Hall–Kier alpha value is -3.31. The molecule has 0 spiro atoms. The molecular weight excluding hydrogens is 416 g/mol. The molecule has 0 bridgehead atoms. The number of carbonyl (C=O) groups excluding carboxylic acids is 1. The van der Waals surface area contributed by atoms with Gasteiger partial charge in [-0.25, -0.2) is 0 Å². The molecule has 1 fully saturated rings. The maximum atomic E-state index is 12.7. The number of anilines is 2. The molecule has 1 aliphatic heterocycles. The van der Waals surface area contributed by atoms with Gasteiger partial charge < -0.3 is 15.0 Å². The van der Waals surface area contributed by atoms with Gasteiger partial charge in [-0.3, -0.25) is 9.48 Å². The fourth-order valence-electron chi connectivity index (χ4n) is 3.71. The Kier molecular flexibility index (Phi) is 5.12. The second kappa shape index (κ2) is 8.08. The average molecular weight is 439 g/mol. The van der Waals surface area contributed by atoms with Gasteiger partial charge in [0, 0.05) is 30.2 Å². The first-order valence-electron chi connectivity index (χ1n) is 10.0. The number of carbonyl (C=O) groups is 1. The highest BCUT2D eigenvalue weighted by atomic mass is 32.1. The Morgan fingerprint density at radius 1 is 1.23 bits per heavy atom. The van der Waals surface area contributed by atoms with Crippen LogP contribution in [0.15, 0.2) is 41.4 Å². The molecule has 1 amide bonds. The van der Waals surface area contributed by atoms with Gasteiger partial charge in [-0.05, 0) is 37.4 Å². The molecule has 4 aromatic heterocycles. The lowest BCUT2D eigenvalue weighted by Crippen LogP contribution is -2.49. The highest BCUT2D eigenvalue weighted by Gasteiger charge is 2.26. The minimum absolute atomic E-state index is 0.0288. The molecule has 1 N–H and O–H groups in total. The van der Waals surface area contributed by atoms with Crippen LogP contribution in [0.4, 0.5) is 11.5 Å². The van der Waals surface area contributed by atoms with Crippen molar-refractivity contribution in [2.45, 2.75) is 32.6 Å². The number of hydrogen-bond donors (Lipinski definition) is 1. The molecule has 0 aliphatic carbocycles. The van der Waals surface area contributed by atoms with Crippen LogP contribution in [0.2, 0.25) is 0 Å². The third-order valence-corrected chi connectivity index (χ3v) is 5.70. The average Bonchev–Trinajstić information content (AvgIpc) is 3.48. The Bertz CT molecular complexity index is 1190. The lowest BCUT2D eigenvalue weighted by molar-refractivity contribution is -0.144. The van der Waals surface area contributed by atoms with Gasteiger partial charge in [-0.2, -0.15) is 21.0 Å². The zero-order chi connectivity index (χ0) is 21.4. The quantitative estimate of drug-likeness (QED) is 0.510. The summed E-state index contributed by atoms with van der Waals surface area (Å²) in [4.78, 5) is 14.5. The SMILES string of the molecule is CC1CN(C(=O)Cn2cc(Nc3ccc4nnc(-c5ccsc5)n4n3)cn2)CC(C)O1. The number of fused-ring (bicyclic) bond motifs is 1. The van der Waals surface area contributed by atoms with Crippen LogP contribution >= 0.6 is 11.3 Å². The van der Waals surface area contributed by atoms with Gasteiger partial charge in [-0.1, -0.05) is 0 Å². The van der Waals surface area contributed by atoms with E-state index >= 15 is 0 Å². The van der Waals surface area contributed by atoms with E-state index in [0.29, 0.717) is 30.4 Å². The van der Waals surface area contributed by atoms with E-state index < -0.39 is 0 Å². The van der Waals surface area contributed by atoms with Crippen LogP contribution in [-0.4, -0.2) is 65.7 Å². The van der Waals surface area contributed by atoms with Crippen LogP contribution < -0.4 is 5.32 Å². The summed E-state index contributed by atoms with van der Waals surface area (Å²) in [6, 6.07) is 5.67. The molecule has 31 heavy (non-hydrogen) atoms. The van der Waals surface area contributed by atoms with Gasteiger partial charge in [-0.15, -0.1) is 15.3 Å². The summed E-state index contributed by atoms with van der Waals surface area (Å²) in [5, 5.41) is 24.6. The normalized spacial score (nSPS) is 19.1. The van der Waals surface area contributed by atoms with Gasteiger partial charge in [0.25, 0.3) is 0 Å². The van der Waals surface area contributed by atoms with Crippen molar-refractivity contribution in [2.75, 3.05) is 18.4 Å². The largest absolute Gasteiger partial charge is 0.372 e. The Morgan fingerprint density at radius 2 is 2.06 bits per heavy atom. The highest BCUT2D eigenvalue weighted by molar-refractivity contribution is 7.08. The summed E-state index contributed by atoms with van der Waals surface area (Å²) in [6.07, 6.45) is 3.55. The fraction of sp³-hybridized carbons (Fsp3) is 0.350. The highest BCUT2D eigenvalue weighted by Crippen LogP contribution is 2.22. The fourth-order valence-corrected chi connectivity index (χ4v) is 4.34. The maximum Gasteiger partial charge on any atom is 0.244 e. The molecular formula is C20H22N8O2S. The van der Waals surface area contributed by atoms with E-state index in [1.54, 1.807) is 32.9 Å². The second-order valence-electron chi connectivity index (χ2n) is 7.63. The summed E-state index contributed by atoms with van der Waals surface area (Å²) < 4.78 is 9.04. The minimum atomic E-state index is 0.0288. The Balaban J connectivity index is 1.29. The first-order valence-corrected chi connectivity index (χ1v) is 11.0. The predicted molar refractivity (Wildman–Crippen MR) is 116 cm³/mol. The number of aromatic nitrogens is 6. The molecule has 0 radical (unpaired) electrons. The summed E-state index contributed by atoms with van der Waals surface area (Å²) in [5.41, 5.74) is 2.38. The van der Waals surface area contributed by atoms with Crippen LogP contribution in [0.5, 0.6) is 0 Å². The van der Waals surface area contributed by atoms with Crippen molar-refractivity contribution in [3.63, 3.8) is 0 Å². The van der Waals surface area contributed by atoms with Crippen LogP contribution in [0.3, 0.4) is 0 Å². The van der Waals surface area contributed by atoms with Crippen molar-refractivity contribution in [3.8, 4) is 11.4 Å². The smallest absolute Gasteiger partial charge is 0.244 e. The molecule has 2 atom stereocenters. The van der Waals surface area contributed by atoms with Crippen LogP contribution in [0.1, 0.15) is 13.8 Å². The van der Waals surface area contributed by atoms with Gasteiger partial charge in [0.2, 0.25) is 5.91 Å². The third kappa shape index (κ3) is 4.14. The minimum Gasteiger partial charge on any atom is -0.372 e. The van der Waals surface area contributed by atoms with E-state index in [4.69, 9.17) is 4.74 Å². The summed E-state index contributed by atoms with van der Waals surface area (Å²) in [6.45, 7) is 5.35. The molecule has 2 unspecified atom stereocenters. The van der Waals surface area contributed by atoms with Crippen molar-refractivity contribution >= 4 is 34.4 Å². The second-order valence-corrected chi connectivity index (χ2v) is 8.41. The monoisotopic (exact) mass is 438 g/mol. The van der Waals surface area contributed by atoms with Crippen molar-refractivity contribution in [1.29, 1.82) is 0 Å². The lowest BCUT2D eigenvalue weighted by Gasteiger charge is -2.35. The number of ether oxygens (including phenoxy) is 1. The van der Waals surface area contributed by atoms with Crippen molar-refractivity contribution in [1.82, 2.24) is 34.5 Å². The summed E-state index contributed by atoms with van der Waals surface area (Å²) in [5.74, 6) is 1.35. The van der Waals surface area contributed by atoms with E-state index in [2.05, 4.69) is 25.7 Å². The van der Waals surface area contributed by atoms with Gasteiger partial charge in [0.1, 0.15) is 6.54 Å². The van der Waals surface area contributed by atoms with Crippen LogP contribution in [-0.2, 0) is 16.1 Å². The van der Waals surface area contributed by atoms with E-state index in [1.807, 2.05) is 47.7 Å². The molecule has 10 nitrogen and oxygen atoms in total. The molecule has 5 rings (SSSR count). The molecule has 1 aliphatic rings.